The van der Waals surface area contributed by atoms with Crippen molar-refractivity contribution >= 4 is 0 Å². The van der Waals surface area contributed by atoms with Gasteiger partial charge in [-0.05, 0) is 32.3 Å². The summed E-state index contributed by atoms with van der Waals surface area (Å²) in [6, 6.07) is 7.07. The topological polar surface area (TPSA) is 87.8 Å². The SMILES string of the molecule is CCn1cc(C(F)(F)F)nc1-c1ccc(COc2nc(-c3c(OC)ncnc3C3CC3)ncc2C)cc1. The van der Waals surface area contributed by atoms with Crippen LogP contribution in [0.2, 0.25) is 0 Å². The molecule has 0 saturated heterocycles. The van der Waals surface area contributed by atoms with E-state index in [0.717, 1.165) is 35.9 Å². The molecule has 1 fully saturated rings. The van der Waals surface area contributed by atoms with Gasteiger partial charge in [-0.15, -0.1) is 0 Å². The van der Waals surface area contributed by atoms with Gasteiger partial charge in [0.1, 0.15) is 24.3 Å². The van der Waals surface area contributed by atoms with E-state index >= 15 is 0 Å². The summed E-state index contributed by atoms with van der Waals surface area (Å²) in [6.45, 7) is 4.21. The molecule has 1 aliphatic carbocycles. The molecule has 3 heterocycles. The normalized spacial score (nSPS) is 13.6. The second-order valence-corrected chi connectivity index (χ2v) is 8.82. The van der Waals surface area contributed by atoms with Crippen LogP contribution in [-0.2, 0) is 19.3 Å². The Morgan fingerprint density at radius 2 is 1.78 bits per heavy atom. The van der Waals surface area contributed by atoms with Crippen LogP contribution in [0.1, 0.15) is 48.2 Å². The summed E-state index contributed by atoms with van der Waals surface area (Å²) >= 11 is 0. The Morgan fingerprint density at radius 1 is 1.03 bits per heavy atom. The van der Waals surface area contributed by atoms with Gasteiger partial charge in [0, 0.05) is 36.0 Å². The highest BCUT2D eigenvalue weighted by molar-refractivity contribution is 5.66. The van der Waals surface area contributed by atoms with Crippen LogP contribution in [0, 0.1) is 6.92 Å². The van der Waals surface area contributed by atoms with Crippen LogP contribution in [0.5, 0.6) is 11.8 Å². The van der Waals surface area contributed by atoms with Crippen molar-refractivity contribution in [2.75, 3.05) is 7.11 Å². The van der Waals surface area contributed by atoms with Crippen LogP contribution in [0.4, 0.5) is 13.2 Å². The van der Waals surface area contributed by atoms with Crippen molar-refractivity contribution in [3.63, 3.8) is 0 Å². The van der Waals surface area contributed by atoms with Gasteiger partial charge in [-0.2, -0.15) is 18.2 Å². The molecule has 4 aromatic rings. The maximum atomic E-state index is 13.1. The fraction of sp³-hybridized carbons (Fsp3) is 0.346. The van der Waals surface area contributed by atoms with Gasteiger partial charge < -0.3 is 14.0 Å². The third-order valence-electron chi connectivity index (χ3n) is 6.14. The molecule has 11 heteroatoms. The van der Waals surface area contributed by atoms with Crippen molar-refractivity contribution in [3.05, 3.63) is 65.5 Å². The number of ether oxygens (including phenoxy) is 2. The van der Waals surface area contributed by atoms with Gasteiger partial charge >= 0.3 is 6.18 Å². The van der Waals surface area contributed by atoms with Crippen molar-refractivity contribution in [3.8, 4) is 34.5 Å². The molecule has 0 unspecified atom stereocenters. The van der Waals surface area contributed by atoms with E-state index in [0.29, 0.717) is 41.2 Å². The number of halogens is 3. The van der Waals surface area contributed by atoms with Gasteiger partial charge in [0.2, 0.25) is 11.8 Å². The number of rotatable bonds is 8. The molecule has 0 bridgehead atoms. The van der Waals surface area contributed by atoms with Gasteiger partial charge in [-0.3, -0.25) is 0 Å². The number of hydrogen-bond acceptors (Lipinski definition) is 7. The lowest BCUT2D eigenvalue weighted by molar-refractivity contribution is -0.140. The van der Waals surface area contributed by atoms with Crippen molar-refractivity contribution in [2.24, 2.45) is 0 Å². The van der Waals surface area contributed by atoms with E-state index in [1.165, 1.54) is 10.9 Å². The smallest absolute Gasteiger partial charge is 0.434 e. The van der Waals surface area contributed by atoms with Crippen LogP contribution >= 0.6 is 0 Å². The second kappa shape index (κ2) is 9.79. The maximum Gasteiger partial charge on any atom is 0.434 e. The van der Waals surface area contributed by atoms with Crippen LogP contribution in [0.15, 0.2) is 43.0 Å². The van der Waals surface area contributed by atoms with Crippen LogP contribution < -0.4 is 9.47 Å². The standard InChI is InChI=1S/C26H25F3N6O2/c1-4-35-12-19(26(27,28)29)33-23(35)18-7-5-16(6-8-18)13-37-24-15(2)11-30-22(34-24)20-21(17-9-10-17)31-14-32-25(20)36-3/h5-8,11-12,14,17H,4,9-10,13H2,1-3H3. The Balaban J connectivity index is 1.36. The van der Waals surface area contributed by atoms with E-state index in [1.54, 1.807) is 44.5 Å². The predicted molar refractivity (Wildman–Crippen MR) is 129 cm³/mol. The molecule has 0 radical (unpaired) electrons. The summed E-state index contributed by atoms with van der Waals surface area (Å²) in [6.07, 6.45) is 1.81. The molecule has 0 amide bonds. The Morgan fingerprint density at radius 3 is 2.43 bits per heavy atom. The first-order chi connectivity index (χ1) is 17.8. The highest BCUT2D eigenvalue weighted by atomic mass is 19.4. The highest BCUT2D eigenvalue weighted by Gasteiger charge is 2.35. The fourth-order valence-corrected chi connectivity index (χ4v) is 4.03. The third-order valence-corrected chi connectivity index (χ3v) is 6.14. The molecular formula is C26H25F3N6O2. The predicted octanol–water partition coefficient (Wildman–Crippen LogP) is 5.61. The average Bonchev–Trinajstić information content (AvgIpc) is 3.65. The minimum Gasteiger partial charge on any atom is -0.480 e. The van der Waals surface area contributed by atoms with Crippen molar-refractivity contribution < 1.29 is 22.6 Å². The number of methoxy groups -OCH3 is 1. The van der Waals surface area contributed by atoms with E-state index in [1.807, 2.05) is 6.92 Å². The van der Waals surface area contributed by atoms with E-state index in [9.17, 15) is 13.2 Å². The molecule has 3 aromatic heterocycles. The minimum atomic E-state index is -4.49. The fourth-order valence-electron chi connectivity index (χ4n) is 4.03. The zero-order valence-corrected chi connectivity index (χ0v) is 20.6. The quantitative estimate of drug-likeness (QED) is 0.305. The highest BCUT2D eigenvalue weighted by Crippen LogP contribution is 2.45. The zero-order chi connectivity index (χ0) is 26.2. The van der Waals surface area contributed by atoms with Gasteiger partial charge in [0.15, 0.2) is 11.5 Å². The second-order valence-electron chi connectivity index (χ2n) is 8.82. The Labute approximate surface area is 211 Å². The maximum absolute atomic E-state index is 13.1. The monoisotopic (exact) mass is 510 g/mol. The van der Waals surface area contributed by atoms with Gasteiger partial charge in [0.25, 0.3) is 0 Å². The molecule has 0 N–H and O–H groups in total. The van der Waals surface area contributed by atoms with E-state index < -0.39 is 11.9 Å². The summed E-state index contributed by atoms with van der Waals surface area (Å²) in [5.74, 6) is 1.88. The number of nitrogens with zero attached hydrogens (tertiary/aromatic N) is 6. The Bertz CT molecular complexity index is 1420. The zero-order valence-electron chi connectivity index (χ0n) is 20.6. The lowest BCUT2D eigenvalue weighted by Crippen LogP contribution is -2.05. The van der Waals surface area contributed by atoms with Crippen molar-refractivity contribution in [1.29, 1.82) is 0 Å². The molecule has 1 aromatic carbocycles. The summed E-state index contributed by atoms with van der Waals surface area (Å²) < 4.78 is 52.3. The summed E-state index contributed by atoms with van der Waals surface area (Å²) in [5.41, 5.74) is 2.81. The van der Waals surface area contributed by atoms with Crippen LogP contribution in [0.3, 0.4) is 0 Å². The molecule has 0 atom stereocenters. The average molecular weight is 511 g/mol. The number of alkyl halides is 3. The lowest BCUT2D eigenvalue weighted by Gasteiger charge is -2.13. The summed E-state index contributed by atoms with van der Waals surface area (Å²) in [5, 5.41) is 0. The number of hydrogen-bond donors (Lipinski definition) is 0. The third kappa shape index (κ3) is 5.11. The first-order valence-corrected chi connectivity index (χ1v) is 11.9. The molecule has 5 rings (SSSR count). The largest absolute Gasteiger partial charge is 0.480 e. The van der Waals surface area contributed by atoms with E-state index in [-0.39, 0.29) is 12.4 Å². The molecule has 192 valence electrons. The number of benzene rings is 1. The van der Waals surface area contributed by atoms with Gasteiger partial charge in [-0.25, -0.2) is 19.9 Å². The molecule has 37 heavy (non-hydrogen) atoms. The summed E-state index contributed by atoms with van der Waals surface area (Å²) in [4.78, 5) is 21.6. The van der Waals surface area contributed by atoms with Crippen molar-refractivity contribution in [1.82, 2.24) is 29.5 Å². The first kappa shape index (κ1) is 24.7. The van der Waals surface area contributed by atoms with Crippen LogP contribution in [0.25, 0.3) is 22.8 Å². The Hall–Kier alpha value is -4.02. The van der Waals surface area contributed by atoms with E-state index in [4.69, 9.17) is 9.47 Å². The molecular weight excluding hydrogens is 485 g/mol. The van der Waals surface area contributed by atoms with Gasteiger partial charge in [-0.1, -0.05) is 24.3 Å². The molecule has 0 spiro atoms. The molecule has 1 aliphatic rings. The summed E-state index contributed by atoms with van der Waals surface area (Å²) in [7, 11) is 1.55. The molecule has 0 aliphatic heterocycles. The molecule has 8 nitrogen and oxygen atoms in total. The van der Waals surface area contributed by atoms with Crippen molar-refractivity contribution in [2.45, 2.75) is 51.9 Å². The number of aryl methyl sites for hydroxylation is 2. The number of aromatic nitrogens is 6. The Kier molecular flexibility index (Phi) is 6.53. The minimum absolute atomic E-state index is 0.214. The molecule has 1 saturated carbocycles. The number of imidazole rings is 1. The van der Waals surface area contributed by atoms with Crippen LogP contribution in [-0.4, -0.2) is 36.6 Å². The van der Waals surface area contributed by atoms with E-state index in [2.05, 4.69) is 24.9 Å². The van der Waals surface area contributed by atoms with Gasteiger partial charge in [0.05, 0.1) is 12.8 Å². The first-order valence-electron chi connectivity index (χ1n) is 11.9. The lowest BCUT2D eigenvalue weighted by atomic mass is 10.1.